The van der Waals surface area contributed by atoms with Crippen LogP contribution in [0.5, 0.6) is 5.75 Å². The first-order valence-electron chi connectivity index (χ1n) is 10.7. The minimum atomic E-state index is -0.291. The van der Waals surface area contributed by atoms with Crippen LogP contribution in [-0.2, 0) is 6.42 Å². The van der Waals surface area contributed by atoms with E-state index in [4.69, 9.17) is 4.74 Å². The molecule has 2 aromatic carbocycles. The van der Waals surface area contributed by atoms with Gasteiger partial charge in [0, 0.05) is 44.8 Å². The van der Waals surface area contributed by atoms with Crippen LogP contribution in [0.1, 0.15) is 12.5 Å². The molecule has 0 spiro atoms. The average molecular weight is 410 g/mol. The molecule has 2 aromatic rings. The molecule has 3 aliphatic rings. The number of ether oxygens (including phenoxy) is 1. The molecule has 2 amide bonds. The Morgan fingerprint density at radius 2 is 1.83 bits per heavy atom. The number of hydrogen-bond acceptors (Lipinski definition) is 4. The summed E-state index contributed by atoms with van der Waals surface area (Å²) < 4.78 is 19.3. The van der Waals surface area contributed by atoms with Gasteiger partial charge in [0.15, 0.2) is 0 Å². The molecule has 3 heterocycles. The summed E-state index contributed by atoms with van der Waals surface area (Å²) in [4.78, 5) is 21.4. The highest BCUT2D eigenvalue weighted by molar-refractivity contribution is 5.94. The van der Waals surface area contributed by atoms with E-state index in [0.29, 0.717) is 13.1 Å². The molecule has 0 saturated carbocycles. The lowest BCUT2D eigenvalue weighted by Crippen LogP contribution is -2.55. The first-order valence-corrected chi connectivity index (χ1v) is 10.7. The van der Waals surface area contributed by atoms with E-state index >= 15 is 0 Å². The van der Waals surface area contributed by atoms with E-state index in [0.717, 1.165) is 50.6 Å². The van der Waals surface area contributed by atoms with Crippen molar-refractivity contribution >= 4 is 17.4 Å². The number of amides is 2. The third kappa shape index (κ3) is 3.27. The van der Waals surface area contributed by atoms with Crippen molar-refractivity contribution < 1.29 is 13.9 Å². The van der Waals surface area contributed by atoms with Crippen LogP contribution < -0.4 is 14.5 Å². The fraction of sp³-hybridized carbons (Fsp3) is 0.435. The van der Waals surface area contributed by atoms with Gasteiger partial charge in [0.1, 0.15) is 17.7 Å². The SMILES string of the molecule is CCN1CC(N2CCN(c3cccc4c3OCC4)CC2)N(c2ccc(F)cc2)C1=O. The molecule has 7 heteroatoms. The lowest BCUT2D eigenvalue weighted by atomic mass is 10.1. The van der Waals surface area contributed by atoms with Crippen molar-refractivity contribution in [1.82, 2.24) is 9.80 Å². The Kier molecular flexibility index (Phi) is 4.98. The molecule has 0 aliphatic carbocycles. The van der Waals surface area contributed by atoms with Gasteiger partial charge in [-0.05, 0) is 42.8 Å². The predicted octanol–water partition coefficient (Wildman–Crippen LogP) is 3.17. The minimum Gasteiger partial charge on any atom is -0.491 e. The van der Waals surface area contributed by atoms with E-state index in [-0.39, 0.29) is 18.0 Å². The molecule has 0 N–H and O–H groups in total. The molecule has 5 rings (SSSR count). The third-order valence-electron chi connectivity index (χ3n) is 6.41. The van der Waals surface area contributed by atoms with Crippen LogP contribution in [-0.4, -0.2) is 67.9 Å². The van der Waals surface area contributed by atoms with Crippen molar-refractivity contribution in [2.75, 3.05) is 55.7 Å². The van der Waals surface area contributed by atoms with Gasteiger partial charge in [-0.3, -0.25) is 9.80 Å². The van der Waals surface area contributed by atoms with E-state index in [1.807, 2.05) is 16.7 Å². The number of carbonyl (C=O) groups excluding carboxylic acids is 1. The zero-order chi connectivity index (χ0) is 20.7. The number of urea groups is 1. The monoisotopic (exact) mass is 410 g/mol. The van der Waals surface area contributed by atoms with Crippen molar-refractivity contribution in [1.29, 1.82) is 0 Å². The van der Waals surface area contributed by atoms with Crippen molar-refractivity contribution in [3.63, 3.8) is 0 Å². The number of hydrogen-bond donors (Lipinski definition) is 0. The van der Waals surface area contributed by atoms with Crippen LogP contribution in [0.15, 0.2) is 42.5 Å². The molecule has 30 heavy (non-hydrogen) atoms. The quantitative estimate of drug-likeness (QED) is 0.776. The van der Waals surface area contributed by atoms with Crippen molar-refractivity contribution in [3.8, 4) is 5.75 Å². The van der Waals surface area contributed by atoms with Crippen LogP contribution in [0.4, 0.5) is 20.6 Å². The van der Waals surface area contributed by atoms with E-state index < -0.39 is 0 Å². The van der Waals surface area contributed by atoms with Crippen LogP contribution in [0.3, 0.4) is 0 Å². The number of rotatable bonds is 4. The Morgan fingerprint density at radius 1 is 1.07 bits per heavy atom. The lowest BCUT2D eigenvalue weighted by molar-refractivity contribution is 0.184. The molecule has 1 atom stereocenters. The molecule has 6 nitrogen and oxygen atoms in total. The van der Waals surface area contributed by atoms with Gasteiger partial charge in [0.25, 0.3) is 0 Å². The normalized spacial score (nSPS) is 21.9. The average Bonchev–Trinajstić information content (AvgIpc) is 3.39. The zero-order valence-corrected chi connectivity index (χ0v) is 17.3. The number of carbonyl (C=O) groups is 1. The molecular formula is C23H27FN4O2. The number of halogens is 1. The fourth-order valence-electron chi connectivity index (χ4n) is 4.77. The molecule has 2 saturated heterocycles. The summed E-state index contributed by atoms with van der Waals surface area (Å²) in [5.41, 5.74) is 3.22. The number of fused-ring (bicyclic) bond motifs is 1. The number of likely N-dealkylation sites (N-methyl/N-ethyl adjacent to an activating group) is 1. The second kappa shape index (κ2) is 7.80. The number of para-hydroxylation sites is 1. The van der Waals surface area contributed by atoms with E-state index in [9.17, 15) is 9.18 Å². The molecule has 0 bridgehead atoms. The molecule has 2 fully saturated rings. The Hall–Kier alpha value is -2.80. The number of anilines is 2. The maximum absolute atomic E-state index is 13.4. The molecule has 3 aliphatic heterocycles. The van der Waals surface area contributed by atoms with Gasteiger partial charge in [-0.2, -0.15) is 0 Å². The van der Waals surface area contributed by atoms with Crippen LogP contribution in [0.25, 0.3) is 0 Å². The Balaban J connectivity index is 1.34. The predicted molar refractivity (Wildman–Crippen MR) is 115 cm³/mol. The summed E-state index contributed by atoms with van der Waals surface area (Å²) in [7, 11) is 0. The maximum atomic E-state index is 13.4. The summed E-state index contributed by atoms with van der Waals surface area (Å²) in [6.07, 6.45) is 0.940. The molecular weight excluding hydrogens is 383 g/mol. The Labute approximate surface area is 176 Å². The van der Waals surface area contributed by atoms with Gasteiger partial charge in [0.05, 0.1) is 18.8 Å². The van der Waals surface area contributed by atoms with Crippen LogP contribution in [0.2, 0.25) is 0 Å². The van der Waals surface area contributed by atoms with Crippen molar-refractivity contribution in [3.05, 3.63) is 53.8 Å². The summed E-state index contributed by atoms with van der Waals surface area (Å²) in [6, 6.07) is 12.6. The molecule has 158 valence electrons. The Bertz CT molecular complexity index is 927. The van der Waals surface area contributed by atoms with Crippen LogP contribution in [0, 0.1) is 5.82 Å². The summed E-state index contributed by atoms with van der Waals surface area (Å²) >= 11 is 0. The summed E-state index contributed by atoms with van der Waals surface area (Å²) in [5.74, 6) is 0.743. The van der Waals surface area contributed by atoms with Crippen LogP contribution >= 0.6 is 0 Å². The smallest absolute Gasteiger partial charge is 0.325 e. The zero-order valence-electron chi connectivity index (χ0n) is 17.3. The largest absolute Gasteiger partial charge is 0.491 e. The highest BCUT2D eigenvalue weighted by Crippen LogP contribution is 2.37. The molecule has 0 aromatic heterocycles. The van der Waals surface area contributed by atoms with Gasteiger partial charge in [-0.25, -0.2) is 9.18 Å². The highest BCUT2D eigenvalue weighted by atomic mass is 19.1. The van der Waals surface area contributed by atoms with Gasteiger partial charge >= 0.3 is 6.03 Å². The van der Waals surface area contributed by atoms with Gasteiger partial charge < -0.3 is 14.5 Å². The maximum Gasteiger partial charge on any atom is 0.325 e. The van der Waals surface area contributed by atoms with Crippen molar-refractivity contribution in [2.24, 2.45) is 0 Å². The Morgan fingerprint density at radius 3 is 2.57 bits per heavy atom. The van der Waals surface area contributed by atoms with Gasteiger partial charge in [-0.1, -0.05) is 12.1 Å². The second-order valence-electron chi connectivity index (χ2n) is 8.04. The molecule has 0 radical (unpaired) electrons. The second-order valence-corrected chi connectivity index (χ2v) is 8.04. The number of benzene rings is 2. The van der Waals surface area contributed by atoms with E-state index in [2.05, 4.69) is 28.0 Å². The minimum absolute atomic E-state index is 0.00850. The highest BCUT2D eigenvalue weighted by Gasteiger charge is 2.41. The summed E-state index contributed by atoms with van der Waals surface area (Å²) in [5, 5.41) is 0. The van der Waals surface area contributed by atoms with Gasteiger partial charge in [0.2, 0.25) is 0 Å². The summed E-state index contributed by atoms with van der Waals surface area (Å²) in [6.45, 7) is 7.57. The van der Waals surface area contributed by atoms with Crippen molar-refractivity contribution in [2.45, 2.75) is 19.5 Å². The topological polar surface area (TPSA) is 39.3 Å². The van der Waals surface area contributed by atoms with E-state index in [1.165, 1.54) is 23.4 Å². The number of nitrogens with zero attached hydrogens (tertiary/aromatic N) is 4. The lowest BCUT2D eigenvalue weighted by Gasteiger charge is -2.41. The standard InChI is InChI=1S/C23H27FN4O2/c1-2-25-16-21(28(23(25)29)19-8-6-18(24)7-9-19)27-13-11-26(12-14-27)20-5-3-4-17-10-15-30-22(17)20/h3-9,21H,2,10-16H2,1H3. The van der Waals surface area contributed by atoms with Gasteiger partial charge in [-0.15, -0.1) is 0 Å². The molecule has 1 unspecified atom stereocenters. The third-order valence-corrected chi connectivity index (χ3v) is 6.41. The number of piperazine rings is 1. The first-order chi connectivity index (χ1) is 14.7. The first kappa shape index (κ1) is 19.2. The fourth-order valence-corrected chi connectivity index (χ4v) is 4.77. The van der Waals surface area contributed by atoms with E-state index in [1.54, 1.807) is 12.1 Å².